The van der Waals surface area contributed by atoms with E-state index >= 15 is 0 Å². The van der Waals surface area contributed by atoms with Gasteiger partial charge >= 0.3 is 12.1 Å². The summed E-state index contributed by atoms with van der Waals surface area (Å²) in [5, 5.41) is 0.609. The molecule has 0 bridgehead atoms. The van der Waals surface area contributed by atoms with Gasteiger partial charge in [-0.3, -0.25) is 4.79 Å². The highest BCUT2D eigenvalue weighted by Crippen LogP contribution is 2.32. The summed E-state index contributed by atoms with van der Waals surface area (Å²) in [7, 11) is 1.28. The maximum Gasteiger partial charge on any atom is 0.417 e. The number of halogens is 3. The van der Waals surface area contributed by atoms with Crippen LogP contribution in [-0.4, -0.2) is 55.0 Å². The summed E-state index contributed by atoms with van der Waals surface area (Å²) < 4.78 is 44.0. The zero-order valence-electron chi connectivity index (χ0n) is 14.3. The summed E-state index contributed by atoms with van der Waals surface area (Å²) in [6.45, 7) is 1.35. The molecule has 0 N–H and O–H groups in total. The summed E-state index contributed by atoms with van der Waals surface area (Å²) in [4.78, 5) is 31.9. The molecule has 2 heterocycles. The lowest BCUT2D eigenvalue weighted by Crippen LogP contribution is -2.49. The van der Waals surface area contributed by atoms with Gasteiger partial charge in [0.25, 0.3) is 5.91 Å². The second kappa shape index (κ2) is 7.55. The molecular weight excluding hydrogens is 383 g/mol. The van der Waals surface area contributed by atoms with Crippen molar-refractivity contribution in [3.05, 3.63) is 46.5 Å². The van der Waals surface area contributed by atoms with Crippen LogP contribution in [0.1, 0.15) is 25.6 Å². The minimum atomic E-state index is -4.58. The van der Waals surface area contributed by atoms with Crippen molar-refractivity contribution in [2.24, 2.45) is 0 Å². The molecule has 1 aromatic carbocycles. The van der Waals surface area contributed by atoms with Gasteiger partial charge in [0, 0.05) is 26.2 Å². The predicted molar refractivity (Wildman–Crippen MR) is 93.0 cm³/mol. The molecule has 0 unspecified atom stereocenters. The van der Waals surface area contributed by atoms with Gasteiger partial charge < -0.3 is 14.5 Å². The molecule has 1 saturated heterocycles. The molecule has 1 aliphatic heterocycles. The van der Waals surface area contributed by atoms with Gasteiger partial charge in [-0.1, -0.05) is 23.5 Å². The lowest BCUT2D eigenvalue weighted by atomic mass is 10.1. The number of methoxy groups -OCH3 is 1. The fourth-order valence-corrected chi connectivity index (χ4v) is 3.68. The number of nitrogens with zero attached hydrogens (tertiary/aromatic N) is 3. The molecule has 3 rings (SSSR count). The first-order valence-electron chi connectivity index (χ1n) is 8.06. The van der Waals surface area contributed by atoms with E-state index in [9.17, 15) is 22.8 Å². The van der Waals surface area contributed by atoms with Crippen molar-refractivity contribution in [2.45, 2.75) is 6.18 Å². The first kappa shape index (κ1) is 19.2. The van der Waals surface area contributed by atoms with E-state index in [4.69, 9.17) is 0 Å². The first-order valence-corrected chi connectivity index (χ1v) is 8.87. The second-order valence-electron chi connectivity index (χ2n) is 5.82. The van der Waals surface area contributed by atoms with Crippen molar-refractivity contribution in [1.82, 2.24) is 9.88 Å². The number of anilines is 1. The molecule has 0 saturated carbocycles. The molecule has 0 spiro atoms. The van der Waals surface area contributed by atoms with Gasteiger partial charge in [-0.05, 0) is 12.1 Å². The number of aromatic nitrogens is 1. The molecule has 144 valence electrons. The Kier molecular flexibility index (Phi) is 5.36. The summed E-state index contributed by atoms with van der Waals surface area (Å²) in [5.41, 5.74) is -1.28. The van der Waals surface area contributed by atoms with Crippen molar-refractivity contribution >= 4 is 28.3 Å². The number of benzene rings is 1. The molecule has 2 aromatic rings. The zero-order valence-corrected chi connectivity index (χ0v) is 15.1. The monoisotopic (exact) mass is 399 g/mol. The fourth-order valence-electron chi connectivity index (χ4n) is 2.79. The molecule has 1 aliphatic rings. The van der Waals surface area contributed by atoms with E-state index in [1.807, 2.05) is 4.90 Å². The Balaban J connectivity index is 1.69. The van der Waals surface area contributed by atoms with E-state index in [0.717, 1.165) is 6.07 Å². The van der Waals surface area contributed by atoms with Crippen LogP contribution >= 0.6 is 11.3 Å². The Hall–Kier alpha value is -2.62. The Morgan fingerprint density at radius 3 is 2.44 bits per heavy atom. The smallest absolute Gasteiger partial charge is 0.417 e. The SMILES string of the molecule is COC(=O)c1cnc(N2CCN(C(=O)c3ccccc3C(F)(F)F)CC2)s1. The van der Waals surface area contributed by atoms with Gasteiger partial charge in [-0.15, -0.1) is 0 Å². The number of hydrogen-bond donors (Lipinski definition) is 0. The van der Waals surface area contributed by atoms with Crippen LogP contribution in [0.15, 0.2) is 30.5 Å². The molecule has 1 amide bonds. The summed E-state index contributed by atoms with van der Waals surface area (Å²) in [6.07, 6.45) is -3.16. The first-order chi connectivity index (χ1) is 12.8. The highest BCUT2D eigenvalue weighted by Gasteiger charge is 2.36. The molecule has 0 radical (unpaired) electrons. The van der Waals surface area contributed by atoms with Gasteiger partial charge in [-0.25, -0.2) is 9.78 Å². The van der Waals surface area contributed by atoms with Crippen molar-refractivity contribution < 1.29 is 27.5 Å². The third-order valence-corrected chi connectivity index (χ3v) is 5.22. The minimum absolute atomic E-state index is 0.262. The third kappa shape index (κ3) is 4.05. The maximum absolute atomic E-state index is 13.1. The van der Waals surface area contributed by atoms with E-state index in [2.05, 4.69) is 9.72 Å². The normalized spacial score (nSPS) is 15.0. The molecule has 10 heteroatoms. The highest BCUT2D eigenvalue weighted by molar-refractivity contribution is 7.17. The van der Waals surface area contributed by atoms with Gasteiger partial charge in [0.1, 0.15) is 4.88 Å². The molecule has 1 aromatic heterocycles. The molecule has 0 aliphatic carbocycles. The lowest BCUT2D eigenvalue weighted by Gasteiger charge is -2.35. The van der Waals surface area contributed by atoms with Crippen LogP contribution in [-0.2, 0) is 10.9 Å². The van der Waals surface area contributed by atoms with Crippen molar-refractivity contribution in [1.29, 1.82) is 0 Å². The molecular formula is C17H16F3N3O3S. The van der Waals surface area contributed by atoms with Crippen LogP contribution in [0.4, 0.5) is 18.3 Å². The fraction of sp³-hybridized carbons (Fsp3) is 0.353. The van der Waals surface area contributed by atoms with Crippen LogP contribution < -0.4 is 4.90 Å². The highest BCUT2D eigenvalue weighted by atomic mass is 32.1. The van der Waals surface area contributed by atoms with Gasteiger partial charge in [-0.2, -0.15) is 13.2 Å². The van der Waals surface area contributed by atoms with E-state index in [0.29, 0.717) is 23.1 Å². The number of carbonyl (C=O) groups excluding carboxylic acids is 2. The number of piperazine rings is 1. The topological polar surface area (TPSA) is 62.7 Å². The largest absolute Gasteiger partial charge is 0.465 e. The third-order valence-electron chi connectivity index (χ3n) is 4.18. The van der Waals surface area contributed by atoms with E-state index in [1.54, 1.807) is 0 Å². The number of thiazole rings is 1. The van der Waals surface area contributed by atoms with Crippen LogP contribution in [0.2, 0.25) is 0 Å². The average Bonchev–Trinajstić information content (AvgIpc) is 3.16. The average molecular weight is 399 g/mol. The Bertz CT molecular complexity index is 845. The molecule has 0 atom stereocenters. The van der Waals surface area contributed by atoms with E-state index in [-0.39, 0.29) is 18.7 Å². The van der Waals surface area contributed by atoms with Crippen LogP contribution in [0.3, 0.4) is 0 Å². The molecule has 27 heavy (non-hydrogen) atoms. The summed E-state index contributed by atoms with van der Waals surface area (Å²) >= 11 is 1.17. The number of carbonyl (C=O) groups is 2. The number of rotatable bonds is 3. The maximum atomic E-state index is 13.1. The molecule has 6 nitrogen and oxygen atoms in total. The second-order valence-corrected chi connectivity index (χ2v) is 6.83. The standard InChI is InChI=1S/C17H16F3N3O3S/c1-26-15(25)13-10-21-16(27-13)23-8-6-22(7-9-23)14(24)11-4-2-3-5-12(11)17(18,19)20/h2-5,10H,6-9H2,1H3. The van der Waals surface area contributed by atoms with E-state index in [1.165, 1.54) is 47.7 Å². The van der Waals surface area contributed by atoms with Crippen molar-refractivity contribution in [3.63, 3.8) is 0 Å². The Labute approximate surface area is 157 Å². The van der Waals surface area contributed by atoms with Gasteiger partial charge in [0.05, 0.1) is 24.4 Å². The number of amides is 1. The van der Waals surface area contributed by atoms with Crippen LogP contribution in [0.5, 0.6) is 0 Å². The number of alkyl halides is 3. The zero-order chi connectivity index (χ0) is 19.6. The minimum Gasteiger partial charge on any atom is -0.465 e. The van der Waals surface area contributed by atoms with Crippen LogP contribution in [0.25, 0.3) is 0 Å². The molecule has 1 fully saturated rings. The van der Waals surface area contributed by atoms with Crippen LogP contribution in [0, 0.1) is 0 Å². The van der Waals surface area contributed by atoms with E-state index < -0.39 is 23.6 Å². The van der Waals surface area contributed by atoms with Crippen molar-refractivity contribution in [3.8, 4) is 0 Å². The number of esters is 1. The number of ether oxygens (including phenoxy) is 1. The van der Waals surface area contributed by atoms with Gasteiger partial charge in [0.2, 0.25) is 0 Å². The quantitative estimate of drug-likeness (QED) is 0.743. The predicted octanol–water partition coefficient (Wildman–Crippen LogP) is 2.91. The van der Waals surface area contributed by atoms with Crippen molar-refractivity contribution in [2.75, 3.05) is 38.2 Å². The summed E-state index contributed by atoms with van der Waals surface area (Å²) in [6, 6.07) is 4.79. The lowest BCUT2D eigenvalue weighted by molar-refractivity contribution is -0.138. The number of hydrogen-bond acceptors (Lipinski definition) is 6. The Morgan fingerprint density at radius 1 is 1.15 bits per heavy atom. The Morgan fingerprint density at radius 2 is 1.81 bits per heavy atom. The summed E-state index contributed by atoms with van der Waals surface area (Å²) in [5.74, 6) is -1.12. The van der Waals surface area contributed by atoms with Gasteiger partial charge in [0.15, 0.2) is 5.13 Å².